The van der Waals surface area contributed by atoms with Gasteiger partial charge in [0.25, 0.3) is 5.91 Å². The van der Waals surface area contributed by atoms with Gasteiger partial charge in [-0.05, 0) is 68.3 Å². The molecular formula is C19H19NO3. The number of rotatable bonds is 3. The standard InChI is InChI=1S/C19H19NO3/c1-11-9-16-13(3)18(23-17(16)10-12(11)2)19(21)20-14-5-7-15(22-4)8-6-14/h5-10H,1-4H3,(H,20,21). The van der Waals surface area contributed by atoms with Crippen molar-refractivity contribution in [3.8, 4) is 5.75 Å². The molecule has 0 saturated carbocycles. The van der Waals surface area contributed by atoms with E-state index in [4.69, 9.17) is 9.15 Å². The van der Waals surface area contributed by atoms with Crippen molar-refractivity contribution in [1.82, 2.24) is 0 Å². The average Bonchev–Trinajstić information content (AvgIpc) is 2.85. The van der Waals surface area contributed by atoms with Crippen LogP contribution in [0, 0.1) is 20.8 Å². The number of fused-ring (bicyclic) bond motifs is 1. The maximum atomic E-state index is 12.5. The van der Waals surface area contributed by atoms with Crippen molar-refractivity contribution in [2.45, 2.75) is 20.8 Å². The van der Waals surface area contributed by atoms with Crippen LogP contribution in [-0.4, -0.2) is 13.0 Å². The van der Waals surface area contributed by atoms with Crippen molar-refractivity contribution >= 4 is 22.6 Å². The highest BCUT2D eigenvalue weighted by Crippen LogP contribution is 2.28. The first kappa shape index (κ1) is 15.2. The van der Waals surface area contributed by atoms with E-state index in [1.165, 1.54) is 5.56 Å². The van der Waals surface area contributed by atoms with Gasteiger partial charge < -0.3 is 14.5 Å². The molecule has 1 N–H and O–H groups in total. The lowest BCUT2D eigenvalue weighted by Gasteiger charge is -2.05. The average molecular weight is 309 g/mol. The zero-order chi connectivity index (χ0) is 16.6. The molecule has 0 aliphatic heterocycles. The summed E-state index contributed by atoms with van der Waals surface area (Å²) < 4.78 is 10.9. The Morgan fingerprint density at radius 3 is 2.35 bits per heavy atom. The lowest BCUT2D eigenvalue weighted by atomic mass is 10.1. The van der Waals surface area contributed by atoms with Crippen LogP contribution in [0.2, 0.25) is 0 Å². The molecule has 0 radical (unpaired) electrons. The molecule has 23 heavy (non-hydrogen) atoms. The van der Waals surface area contributed by atoms with E-state index >= 15 is 0 Å². The highest BCUT2D eigenvalue weighted by molar-refractivity contribution is 6.06. The third kappa shape index (κ3) is 2.80. The van der Waals surface area contributed by atoms with Crippen molar-refractivity contribution in [2.75, 3.05) is 12.4 Å². The summed E-state index contributed by atoms with van der Waals surface area (Å²) in [7, 11) is 1.61. The number of ether oxygens (including phenoxy) is 1. The highest BCUT2D eigenvalue weighted by Gasteiger charge is 2.18. The minimum Gasteiger partial charge on any atom is -0.497 e. The van der Waals surface area contributed by atoms with E-state index in [-0.39, 0.29) is 5.91 Å². The van der Waals surface area contributed by atoms with Crippen molar-refractivity contribution in [3.63, 3.8) is 0 Å². The SMILES string of the molecule is COc1ccc(NC(=O)c2oc3cc(C)c(C)cc3c2C)cc1. The van der Waals surface area contributed by atoms with Crippen LogP contribution in [0.1, 0.15) is 27.2 Å². The minimum absolute atomic E-state index is 0.251. The van der Waals surface area contributed by atoms with Crippen molar-refractivity contribution in [1.29, 1.82) is 0 Å². The molecule has 0 saturated heterocycles. The largest absolute Gasteiger partial charge is 0.497 e. The third-order valence-corrected chi connectivity index (χ3v) is 4.11. The smallest absolute Gasteiger partial charge is 0.291 e. The van der Waals surface area contributed by atoms with E-state index in [0.29, 0.717) is 11.4 Å². The maximum absolute atomic E-state index is 12.5. The quantitative estimate of drug-likeness (QED) is 0.768. The van der Waals surface area contributed by atoms with E-state index < -0.39 is 0 Å². The van der Waals surface area contributed by atoms with Gasteiger partial charge in [-0.3, -0.25) is 4.79 Å². The van der Waals surface area contributed by atoms with Gasteiger partial charge in [0.05, 0.1) is 7.11 Å². The first-order valence-electron chi connectivity index (χ1n) is 7.45. The van der Waals surface area contributed by atoms with E-state index in [9.17, 15) is 4.79 Å². The van der Waals surface area contributed by atoms with Gasteiger partial charge in [-0.15, -0.1) is 0 Å². The predicted molar refractivity (Wildman–Crippen MR) is 91.4 cm³/mol. The van der Waals surface area contributed by atoms with Crippen LogP contribution in [0.3, 0.4) is 0 Å². The molecule has 0 spiro atoms. The van der Waals surface area contributed by atoms with Crippen molar-refractivity contribution in [3.05, 3.63) is 58.8 Å². The van der Waals surface area contributed by atoms with Crippen LogP contribution in [0.4, 0.5) is 5.69 Å². The van der Waals surface area contributed by atoms with E-state index in [1.54, 1.807) is 31.4 Å². The summed E-state index contributed by atoms with van der Waals surface area (Å²) in [5.41, 5.74) is 4.62. The Hall–Kier alpha value is -2.75. The first-order valence-corrected chi connectivity index (χ1v) is 7.45. The number of hydrogen-bond acceptors (Lipinski definition) is 3. The van der Waals surface area contributed by atoms with Gasteiger partial charge in [0.2, 0.25) is 0 Å². The number of aryl methyl sites for hydroxylation is 3. The monoisotopic (exact) mass is 309 g/mol. The van der Waals surface area contributed by atoms with Gasteiger partial charge in [0, 0.05) is 16.6 Å². The zero-order valence-electron chi connectivity index (χ0n) is 13.7. The Labute approximate surface area is 135 Å². The van der Waals surface area contributed by atoms with Crippen LogP contribution in [-0.2, 0) is 0 Å². The summed E-state index contributed by atoms with van der Waals surface area (Å²) in [6.45, 7) is 5.99. The summed E-state index contributed by atoms with van der Waals surface area (Å²) in [5.74, 6) is 0.842. The van der Waals surface area contributed by atoms with E-state index in [0.717, 1.165) is 27.8 Å². The fraction of sp³-hybridized carbons (Fsp3) is 0.211. The van der Waals surface area contributed by atoms with Crippen LogP contribution < -0.4 is 10.1 Å². The molecule has 118 valence electrons. The minimum atomic E-state index is -0.251. The lowest BCUT2D eigenvalue weighted by molar-refractivity contribution is 0.0998. The molecule has 1 amide bonds. The molecule has 2 aromatic carbocycles. The van der Waals surface area contributed by atoms with Crippen LogP contribution in [0.15, 0.2) is 40.8 Å². The molecule has 3 aromatic rings. The second-order valence-electron chi connectivity index (χ2n) is 5.67. The Morgan fingerprint density at radius 2 is 1.70 bits per heavy atom. The number of methoxy groups -OCH3 is 1. The highest BCUT2D eigenvalue weighted by atomic mass is 16.5. The van der Waals surface area contributed by atoms with Crippen LogP contribution in [0.5, 0.6) is 5.75 Å². The summed E-state index contributed by atoms with van der Waals surface area (Å²) in [4.78, 5) is 12.5. The van der Waals surface area contributed by atoms with Gasteiger partial charge in [-0.2, -0.15) is 0 Å². The summed E-state index contributed by atoms with van der Waals surface area (Å²) >= 11 is 0. The van der Waals surface area contributed by atoms with Gasteiger partial charge in [0.15, 0.2) is 5.76 Å². The number of hydrogen-bond donors (Lipinski definition) is 1. The number of furan rings is 1. The van der Waals surface area contributed by atoms with Crippen LogP contribution >= 0.6 is 0 Å². The second-order valence-corrected chi connectivity index (χ2v) is 5.67. The zero-order valence-corrected chi connectivity index (χ0v) is 13.7. The molecule has 3 rings (SSSR count). The van der Waals surface area contributed by atoms with Gasteiger partial charge in [0.1, 0.15) is 11.3 Å². The molecule has 0 bridgehead atoms. The predicted octanol–water partition coefficient (Wildman–Crippen LogP) is 4.62. The van der Waals surface area contributed by atoms with Gasteiger partial charge in [-0.25, -0.2) is 0 Å². The fourth-order valence-corrected chi connectivity index (χ4v) is 2.55. The third-order valence-electron chi connectivity index (χ3n) is 4.11. The molecule has 4 nitrogen and oxygen atoms in total. The van der Waals surface area contributed by atoms with Crippen molar-refractivity contribution < 1.29 is 13.9 Å². The topological polar surface area (TPSA) is 51.5 Å². The Bertz CT molecular complexity index is 876. The number of nitrogens with one attached hydrogen (secondary N) is 1. The summed E-state index contributed by atoms with van der Waals surface area (Å²) in [6, 6.07) is 11.2. The van der Waals surface area contributed by atoms with E-state index in [2.05, 4.69) is 18.3 Å². The number of anilines is 1. The normalized spacial score (nSPS) is 10.8. The van der Waals surface area contributed by atoms with Crippen molar-refractivity contribution in [2.24, 2.45) is 0 Å². The molecular weight excluding hydrogens is 290 g/mol. The fourth-order valence-electron chi connectivity index (χ4n) is 2.55. The van der Waals surface area contributed by atoms with Gasteiger partial charge in [-0.1, -0.05) is 0 Å². The molecule has 0 aliphatic rings. The Kier molecular flexibility index (Phi) is 3.82. The molecule has 0 unspecified atom stereocenters. The summed E-state index contributed by atoms with van der Waals surface area (Å²) in [6.07, 6.45) is 0. The molecule has 1 heterocycles. The molecule has 1 aromatic heterocycles. The second kappa shape index (κ2) is 5.80. The number of carbonyl (C=O) groups is 1. The molecule has 0 atom stereocenters. The number of carbonyl (C=O) groups excluding carboxylic acids is 1. The number of benzene rings is 2. The molecule has 4 heteroatoms. The maximum Gasteiger partial charge on any atom is 0.291 e. The van der Waals surface area contributed by atoms with Gasteiger partial charge >= 0.3 is 0 Å². The molecule has 0 fully saturated rings. The lowest BCUT2D eigenvalue weighted by Crippen LogP contribution is -2.11. The van der Waals surface area contributed by atoms with Crippen LogP contribution in [0.25, 0.3) is 11.0 Å². The first-order chi connectivity index (χ1) is 11.0. The Balaban J connectivity index is 1.92. The Morgan fingerprint density at radius 1 is 1.04 bits per heavy atom. The number of amides is 1. The molecule has 0 aliphatic carbocycles. The summed E-state index contributed by atoms with van der Waals surface area (Å²) in [5, 5.41) is 3.83. The van der Waals surface area contributed by atoms with E-state index in [1.807, 2.05) is 19.9 Å².